The molecular formula is C25H24N4O7. The molecule has 11 heteroatoms. The number of amides is 1. The predicted octanol–water partition coefficient (Wildman–Crippen LogP) is 5.34. The number of nitrogens with zero attached hydrogens (tertiary/aromatic N) is 3. The minimum atomic E-state index is -0.759. The molecule has 186 valence electrons. The van der Waals surface area contributed by atoms with Crippen LogP contribution in [0.3, 0.4) is 0 Å². The van der Waals surface area contributed by atoms with Crippen LogP contribution >= 0.6 is 0 Å². The van der Waals surface area contributed by atoms with Gasteiger partial charge in [0.2, 0.25) is 5.75 Å². The summed E-state index contributed by atoms with van der Waals surface area (Å²) in [4.78, 5) is 32.7. The van der Waals surface area contributed by atoms with Crippen LogP contribution in [0.1, 0.15) is 37.3 Å². The number of nitro groups is 2. The molecule has 3 rings (SSSR count). The Morgan fingerprint density at radius 2 is 1.78 bits per heavy atom. The quantitative estimate of drug-likeness (QED) is 0.216. The van der Waals surface area contributed by atoms with E-state index in [1.54, 1.807) is 18.2 Å². The van der Waals surface area contributed by atoms with Gasteiger partial charge in [0.15, 0.2) is 6.61 Å². The summed E-state index contributed by atoms with van der Waals surface area (Å²) in [6.45, 7) is 4.05. The zero-order valence-electron chi connectivity index (χ0n) is 19.6. The van der Waals surface area contributed by atoms with Crippen LogP contribution in [0.2, 0.25) is 0 Å². The molecule has 0 heterocycles. The molecule has 1 amide bonds. The van der Waals surface area contributed by atoms with E-state index < -0.39 is 27.1 Å². The van der Waals surface area contributed by atoms with Crippen molar-refractivity contribution in [1.82, 2.24) is 5.43 Å². The number of hydrazone groups is 1. The van der Waals surface area contributed by atoms with E-state index in [0.29, 0.717) is 17.2 Å². The van der Waals surface area contributed by atoms with Crippen LogP contribution in [0.5, 0.6) is 17.2 Å². The number of hydrogen-bond acceptors (Lipinski definition) is 8. The summed E-state index contributed by atoms with van der Waals surface area (Å²) in [5, 5.41) is 26.1. The van der Waals surface area contributed by atoms with Crippen LogP contribution in [0.15, 0.2) is 71.8 Å². The lowest BCUT2D eigenvalue weighted by Gasteiger charge is -2.10. The highest BCUT2D eigenvalue weighted by Gasteiger charge is 2.21. The Labute approximate surface area is 206 Å². The van der Waals surface area contributed by atoms with E-state index in [1.807, 2.05) is 24.3 Å². The molecule has 3 aromatic rings. The Bertz CT molecular complexity index is 1280. The monoisotopic (exact) mass is 492 g/mol. The summed E-state index contributed by atoms with van der Waals surface area (Å²) >= 11 is 0. The van der Waals surface area contributed by atoms with Gasteiger partial charge in [0.25, 0.3) is 11.6 Å². The first-order chi connectivity index (χ1) is 17.3. The number of nitrogens with one attached hydrogen (secondary N) is 1. The van der Waals surface area contributed by atoms with Gasteiger partial charge in [-0.3, -0.25) is 25.0 Å². The molecule has 0 aliphatic heterocycles. The van der Waals surface area contributed by atoms with Crippen molar-refractivity contribution in [3.63, 3.8) is 0 Å². The highest BCUT2D eigenvalue weighted by molar-refractivity contribution is 5.83. The molecule has 0 aromatic heterocycles. The van der Waals surface area contributed by atoms with Gasteiger partial charge in [-0.1, -0.05) is 38.1 Å². The third-order valence-corrected chi connectivity index (χ3v) is 5.27. The lowest BCUT2D eigenvalue weighted by molar-refractivity contribution is -0.394. The molecule has 1 atom stereocenters. The number of ether oxygens (including phenoxy) is 2. The summed E-state index contributed by atoms with van der Waals surface area (Å²) in [6, 6.07) is 17.1. The van der Waals surface area contributed by atoms with E-state index in [9.17, 15) is 25.0 Å². The minimum absolute atomic E-state index is 0.151. The number of nitro benzene ring substituents is 2. The maximum absolute atomic E-state index is 12.0. The van der Waals surface area contributed by atoms with Crippen molar-refractivity contribution in [3.05, 3.63) is 98.1 Å². The second-order valence-electron chi connectivity index (χ2n) is 7.80. The predicted molar refractivity (Wildman–Crippen MR) is 133 cm³/mol. The average molecular weight is 492 g/mol. The molecule has 0 radical (unpaired) electrons. The summed E-state index contributed by atoms with van der Waals surface area (Å²) in [5.74, 6) is 0.663. The van der Waals surface area contributed by atoms with Crippen LogP contribution in [-0.4, -0.2) is 28.6 Å². The van der Waals surface area contributed by atoms with Crippen LogP contribution in [-0.2, 0) is 4.79 Å². The Balaban J connectivity index is 1.57. The largest absolute Gasteiger partial charge is 0.484 e. The van der Waals surface area contributed by atoms with Crippen molar-refractivity contribution in [2.45, 2.75) is 26.2 Å². The Hall–Kier alpha value is -4.80. The second kappa shape index (κ2) is 12.1. The first-order valence-electron chi connectivity index (χ1n) is 11.0. The van der Waals surface area contributed by atoms with E-state index in [2.05, 4.69) is 24.4 Å². The fraction of sp³-hybridized carbons (Fsp3) is 0.200. The number of benzene rings is 3. The molecule has 0 unspecified atom stereocenters. The van der Waals surface area contributed by atoms with E-state index in [1.165, 1.54) is 17.8 Å². The molecule has 3 aromatic carbocycles. The van der Waals surface area contributed by atoms with Gasteiger partial charge in [-0.05, 0) is 53.8 Å². The maximum Gasteiger partial charge on any atom is 0.318 e. The standard InChI is InChI=1S/C25H24N4O7/c1-3-17(2)19-7-10-21(11-8-19)35-16-25(30)27-26-15-18-5-4-6-22(13-18)36-24-12-9-20(28(31)32)14-23(24)29(33)34/h4-15,17H,3,16H2,1-2H3,(H,27,30)/b26-15-/t17-/m1/s1. The molecular weight excluding hydrogens is 468 g/mol. The van der Waals surface area contributed by atoms with Gasteiger partial charge in [-0.25, -0.2) is 5.43 Å². The van der Waals surface area contributed by atoms with Crippen molar-refractivity contribution in [2.75, 3.05) is 6.61 Å². The van der Waals surface area contributed by atoms with Gasteiger partial charge in [0.1, 0.15) is 11.5 Å². The fourth-order valence-corrected chi connectivity index (χ4v) is 3.12. The molecule has 11 nitrogen and oxygen atoms in total. The Kier molecular flexibility index (Phi) is 8.65. The number of rotatable bonds is 11. The zero-order chi connectivity index (χ0) is 26.1. The van der Waals surface area contributed by atoms with Gasteiger partial charge in [0, 0.05) is 6.07 Å². The van der Waals surface area contributed by atoms with Crippen LogP contribution in [0, 0.1) is 20.2 Å². The van der Waals surface area contributed by atoms with Crippen LogP contribution in [0.4, 0.5) is 11.4 Å². The van der Waals surface area contributed by atoms with E-state index in [-0.39, 0.29) is 18.1 Å². The van der Waals surface area contributed by atoms with Crippen molar-refractivity contribution in [1.29, 1.82) is 0 Å². The Morgan fingerprint density at radius 1 is 1.03 bits per heavy atom. The topological polar surface area (TPSA) is 146 Å². The first kappa shape index (κ1) is 25.8. The molecule has 0 saturated heterocycles. The van der Waals surface area contributed by atoms with E-state index >= 15 is 0 Å². The molecule has 1 N–H and O–H groups in total. The van der Waals surface area contributed by atoms with E-state index in [0.717, 1.165) is 24.6 Å². The van der Waals surface area contributed by atoms with Crippen LogP contribution < -0.4 is 14.9 Å². The number of carbonyl (C=O) groups excluding carboxylic acids is 1. The molecule has 0 aliphatic carbocycles. The summed E-state index contributed by atoms with van der Waals surface area (Å²) < 4.78 is 11.0. The lowest BCUT2D eigenvalue weighted by Crippen LogP contribution is -2.24. The number of carbonyl (C=O) groups is 1. The van der Waals surface area contributed by atoms with Crippen LogP contribution in [0.25, 0.3) is 0 Å². The Morgan fingerprint density at radius 3 is 2.44 bits per heavy atom. The fourth-order valence-electron chi connectivity index (χ4n) is 3.12. The number of non-ortho nitro benzene ring substituents is 1. The summed E-state index contributed by atoms with van der Waals surface area (Å²) in [5.41, 5.74) is 3.15. The minimum Gasteiger partial charge on any atom is -0.484 e. The van der Waals surface area contributed by atoms with Crippen molar-refractivity contribution < 1.29 is 24.1 Å². The van der Waals surface area contributed by atoms with Gasteiger partial charge in [-0.2, -0.15) is 5.10 Å². The first-order valence-corrected chi connectivity index (χ1v) is 11.0. The highest BCUT2D eigenvalue weighted by Crippen LogP contribution is 2.34. The number of hydrogen-bond donors (Lipinski definition) is 1. The summed E-state index contributed by atoms with van der Waals surface area (Å²) in [6.07, 6.45) is 2.41. The summed E-state index contributed by atoms with van der Waals surface area (Å²) in [7, 11) is 0. The maximum atomic E-state index is 12.0. The molecule has 0 fully saturated rings. The third kappa shape index (κ3) is 7.10. The third-order valence-electron chi connectivity index (χ3n) is 5.27. The van der Waals surface area contributed by atoms with Crippen molar-refractivity contribution in [2.24, 2.45) is 5.10 Å². The zero-order valence-corrected chi connectivity index (χ0v) is 19.6. The molecule has 0 spiro atoms. The van der Waals surface area contributed by atoms with Gasteiger partial charge < -0.3 is 9.47 Å². The average Bonchev–Trinajstić information content (AvgIpc) is 2.87. The van der Waals surface area contributed by atoms with Gasteiger partial charge in [0.05, 0.1) is 22.1 Å². The highest BCUT2D eigenvalue weighted by atomic mass is 16.6. The second-order valence-corrected chi connectivity index (χ2v) is 7.80. The van der Waals surface area contributed by atoms with Gasteiger partial charge >= 0.3 is 5.69 Å². The normalized spacial score (nSPS) is 11.6. The molecule has 0 bridgehead atoms. The SMILES string of the molecule is CC[C@@H](C)c1ccc(OCC(=O)N/N=C\c2cccc(Oc3ccc([N+](=O)[O-])cc3[N+](=O)[O-])c2)cc1. The lowest BCUT2D eigenvalue weighted by atomic mass is 9.99. The van der Waals surface area contributed by atoms with Crippen molar-refractivity contribution >= 4 is 23.5 Å². The smallest absolute Gasteiger partial charge is 0.318 e. The molecule has 0 aliphatic rings. The molecule has 0 saturated carbocycles. The van der Waals surface area contributed by atoms with Crippen molar-refractivity contribution in [3.8, 4) is 17.2 Å². The molecule has 36 heavy (non-hydrogen) atoms. The van der Waals surface area contributed by atoms with E-state index in [4.69, 9.17) is 9.47 Å². The van der Waals surface area contributed by atoms with Gasteiger partial charge in [-0.15, -0.1) is 0 Å².